The van der Waals surface area contributed by atoms with E-state index in [-0.39, 0.29) is 23.2 Å². The van der Waals surface area contributed by atoms with Crippen molar-refractivity contribution in [1.29, 1.82) is 0 Å². The summed E-state index contributed by atoms with van der Waals surface area (Å²) in [6, 6.07) is 0. The van der Waals surface area contributed by atoms with Crippen LogP contribution in [0.2, 0.25) is 0 Å². The number of hydrogen-bond donors (Lipinski definition) is 0. The largest absolute Gasteiger partial charge is 0.493 e. The molecule has 0 fully saturated rings. The maximum Gasteiger partial charge on any atom is 0.204 e. The van der Waals surface area contributed by atoms with E-state index in [1.54, 1.807) is 0 Å². The summed E-state index contributed by atoms with van der Waals surface area (Å²) >= 11 is 0. The van der Waals surface area contributed by atoms with E-state index in [1.165, 1.54) is 37.2 Å². The maximum atomic E-state index is 12.6. The Balaban J connectivity index is 2.02. The molecule has 0 N–H and O–H groups in total. The molecule has 3 aliphatic rings. The number of hydrogen-bond acceptors (Lipinski definition) is 3. The minimum atomic E-state index is -0.576. The van der Waals surface area contributed by atoms with Crippen LogP contribution in [-0.2, 0) is 14.3 Å². The van der Waals surface area contributed by atoms with Crippen molar-refractivity contribution in [1.82, 2.24) is 0 Å². The molecule has 0 bridgehead atoms. The molecule has 0 aliphatic heterocycles. The molecule has 0 aromatic heterocycles. The van der Waals surface area contributed by atoms with Gasteiger partial charge in [0.2, 0.25) is 5.78 Å². The number of allylic oxidation sites excluding steroid dienone is 4. The van der Waals surface area contributed by atoms with Crippen LogP contribution in [0.3, 0.4) is 0 Å². The van der Waals surface area contributed by atoms with Crippen molar-refractivity contribution >= 4 is 11.6 Å². The van der Waals surface area contributed by atoms with Crippen molar-refractivity contribution < 1.29 is 14.3 Å². The summed E-state index contributed by atoms with van der Waals surface area (Å²) in [5.41, 5.74) is 2.31. The molecule has 3 aliphatic carbocycles. The van der Waals surface area contributed by atoms with Gasteiger partial charge in [0.1, 0.15) is 0 Å². The summed E-state index contributed by atoms with van der Waals surface area (Å²) in [4.78, 5) is 24.9. The Labute approximate surface area is 113 Å². The lowest BCUT2D eigenvalue weighted by molar-refractivity contribution is -0.139. The standard InChI is InChI=1S/C16H20O3/c1-16-9-11-6-4-3-5-10(11)7-12(16)13(17)8-14(19-2)15(16)18/h8,12H,3-7,9H2,1-2H3/t12-,16-/m0/s1. The molecule has 0 aromatic carbocycles. The molecule has 102 valence electrons. The third kappa shape index (κ3) is 1.78. The number of ether oxygens (including phenoxy) is 1. The molecule has 0 saturated carbocycles. The van der Waals surface area contributed by atoms with Crippen LogP contribution in [0.25, 0.3) is 0 Å². The first-order valence-corrected chi connectivity index (χ1v) is 7.10. The highest BCUT2D eigenvalue weighted by Crippen LogP contribution is 2.51. The van der Waals surface area contributed by atoms with Crippen molar-refractivity contribution in [2.45, 2.75) is 45.4 Å². The third-order valence-electron chi connectivity index (χ3n) is 5.09. The van der Waals surface area contributed by atoms with Gasteiger partial charge in [-0.05, 0) is 38.5 Å². The zero-order chi connectivity index (χ0) is 13.6. The van der Waals surface area contributed by atoms with E-state index in [4.69, 9.17) is 4.74 Å². The first-order chi connectivity index (χ1) is 9.06. The fourth-order valence-corrected chi connectivity index (χ4v) is 3.91. The Hall–Kier alpha value is -1.38. The highest BCUT2D eigenvalue weighted by atomic mass is 16.5. The molecule has 2 atom stereocenters. The van der Waals surface area contributed by atoms with Gasteiger partial charge in [-0.1, -0.05) is 18.1 Å². The Morgan fingerprint density at radius 3 is 2.58 bits per heavy atom. The summed E-state index contributed by atoms with van der Waals surface area (Å²) in [6.07, 6.45) is 7.60. The van der Waals surface area contributed by atoms with Gasteiger partial charge < -0.3 is 4.74 Å². The fourth-order valence-electron chi connectivity index (χ4n) is 3.91. The van der Waals surface area contributed by atoms with Gasteiger partial charge in [0.05, 0.1) is 7.11 Å². The van der Waals surface area contributed by atoms with Crippen LogP contribution in [0.1, 0.15) is 45.4 Å². The van der Waals surface area contributed by atoms with Crippen molar-refractivity contribution in [3.8, 4) is 0 Å². The Morgan fingerprint density at radius 2 is 1.89 bits per heavy atom. The number of rotatable bonds is 1. The predicted octanol–water partition coefficient (Wildman–Crippen LogP) is 2.96. The molecular weight excluding hydrogens is 240 g/mol. The lowest BCUT2D eigenvalue weighted by atomic mass is 9.58. The number of carbonyl (C=O) groups excluding carboxylic acids is 2. The fraction of sp³-hybridized carbons (Fsp3) is 0.625. The summed E-state index contributed by atoms with van der Waals surface area (Å²) in [7, 11) is 1.47. The van der Waals surface area contributed by atoms with Gasteiger partial charge in [-0.3, -0.25) is 9.59 Å². The van der Waals surface area contributed by atoms with Gasteiger partial charge in [-0.15, -0.1) is 0 Å². The van der Waals surface area contributed by atoms with Crippen LogP contribution in [0.15, 0.2) is 23.0 Å². The molecule has 19 heavy (non-hydrogen) atoms. The summed E-state index contributed by atoms with van der Waals surface area (Å²) in [5, 5.41) is 0. The quantitative estimate of drug-likeness (QED) is 0.681. The molecule has 0 amide bonds. The van der Waals surface area contributed by atoms with Crippen LogP contribution >= 0.6 is 0 Å². The number of carbonyl (C=O) groups is 2. The van der Waals surface area contributed by atoms with E-state index in [2.05, 4.69) is 0 Å². The zero-order valence-electron chi connectivity index (χ0n) is 11.6. The summed E-state index contributed by atoms with van der Waals surface area (Å²) in [6.45, 7) is 1.95. The third-order valence-corrected chi connectivity index (χ3v) is 5.09. The summed E-state index contributed by atoms with van der Waals surface area (Å²) < 4.78 is 5.10. The van der Waals surface area contributed by atoms with E-state index in [9.17, 15) is 9.59 Å². The molecule has 3 nitrogen and oxygen atoms in total. The van der Waals surface area contributed by atoms with E-state index >= 15 is 0 Å². The van der Waals surface area contributed by atoms with E-state index < -0.39 is 5.41 Å². The molecule has 3 heteroatoms. The van der Waals surface area contributed by atoms with Gasteiger partial charge in [0.25, 0.3) is 0 Å². The van der Waals surface area contributed by atoms with Crippen LogP contribution in [0, 0.1) is 11.3 Å². The lowest BCUT2D eigenvalue weighted by Crippen LogP contribution is -2.47. The van der Waals surface area contributed by atoms with E-state index in [1.807, 2.05) is 6.92 Å². The molecule has 3 rings (SSSR count). The number of fused-ring (bicyclic) bond motifs is 1. The average molecular weight is 260 g/mol. The van der Waals surface area contributed by atoms with Crippen molar-refractivity contribution in [2.24, 2.45) is 11.3 Å². The highest BCUT2D eigenvalue weighted by molar-refractivity contribution is 6.11. The van der Waals surface area contributed by atoms with Gasteiger partial charge in [0.15, 0.2) is 11.5 Å². The molecule has 0 spiro atoms. The van der Waals surface area contributed by atoms with Crippen molar-refractivity contribution in [3.63, 3.8) is 0 Å². The molecule has 0 unspecified atom stereocenters. The minimum absolute atomic E-state index is 0.0109. The Kier molecular flexibility index (Phi) is 2.88. The Morgan fingerprint density at radius 1 is 1.21 bits per heavy atom. The highest BCUT2D eigenvalue weighted by Gasteiger charge is 2.52. The second kappa shape index (κ2) is 4.32. The molecule has 0 saturated heterocycles. The van der Waals surface area contributed by atoms with Gasteiger partial charge in [-0.25, -0.2) is 0 Å². The second-order valence-corrected chi connectivity index (χ2v) is 6.21. The lowest BCUT2D eigenvalue weighted by Gasteiger charge is -2.44. The second-order valence-electron chi connectivity index (χ2n) is 6.21. The van der Waals surface area contributed by atoms with E-state index in [0.717, 1.165) is 25.7 Å². The van der Waals surface area contributed by atoms with Crippen LogP contribution in [-0.4, -0.2) is 18.7 Å². The van der Waals surface area contributed by atoms with Crippen molar-refractivity contribution in [2.75, 3.05) is 7.11 Å². The van der Waals surface area contributed by atoms with Crippen molar-refractivity contribution in [3.05, 3.63) is 23.0 Å². The number of Topliss-reactive ketones (excluding diaryl/α,β-unsaturated/α-hetero) is 1. The minimum Gasteiger partial charge on any atom is -0.493 e. The Bertz CT molecular complexity index is 512. The predicted molar refractivity (Wildman–Crippen MR) is 71.4 cm³/mol. The topological polar surface area (TPSA) is 43.4 Å². The summed E-state index contributed by atoms with van der Waals surface area (Å²) in [5.74, 6) is 0.146. The SMILES string of the molecule is COC1=CC(=O)[C@@H]2CC3=C(CCCC3)C[C@]2(C)C1=O. The molecule has 0 radical (unpaired) electrons. The molecule has 0 heterocycles. The van der Waals surface area contributed by atoms with E-state index in [0.29, 0.717) is 0 Å². The first-order valence-electron chi connectivity index (χ1n) is 7.10. The van der Waals surface area contributed by atoms with Gasteiger partial charge in [-0.2, -0.15) is 0 Å². The van der Waals surface area contributed by atoms with Crippen LogP contribution in [0.4, 0.5) is 0 Å². The number of ketones is 2. The zero-order valence-corrected chi connectivity index (χ0v) is 11.6. The van der Waals surface area contributed by atoms with Gasteiger partial charge in [0, 0.05) is 17.4 Å². The smallest absolute Gasteiger partial charge is 0.204 e. The molecule has 0 aromatic rings. The average Bonchev–Trinajstić information content (AvgIpc) is 2.41. The molecular formula is C16H20O3. The normalized spacial score (nSPS) is 34.6. The maximum absolute atomic E-state index is 12.6. The first kappa shape index (κ1) is 12.6. The van der Waals surface area contributed by atoms with Gasteiger partial charge >= 0.3 is 0 Å². The monoisotopic (exact) mass is 260 g/mol. The van der Waals surface area contributed by atoms with Crippen LogP contribution in [0.5, 0.6) is 0 Å². The van der Waals surface area contributed by atoms with Crippen LogP contribution < -0.4 is 0 Å². The number of methoxy groups -OCH3 is 1.